The second-order valence-corrected chi connectivity index (χ2v) is 4.82. The zero-order chi connectivity index (χ0) is 13.7. The molecule has 1 fully saturated rings. The molecule has 0 unspecified atom stereocenters. The Balaban J connectivity index is 1.90. The van der Waals surface area contributed by atoms with Crippen LogP contribution < -0.4 is 0 Å². The van der Waals surface area contributed by atoms with E-state index in [0.717, 1.165) is 25.7 Å². The van der Waals surface area contributed by atoms with Crippen molar-refractivity contribution in [1.29, 1.82) is 0 Å². The minimum absolute atomic E-state index is 0.0431. The third kappa shape index (κ3) is 3.81. The minimum atomic E-state index is -1.06. The van der Waals surface area contributed by atoms with E-state index in [1.54, 1.807) is 0 Å². The van der Waals surface area contributed by atoms with Crippen LogP contribution in [0.3, 0.4) is 0 Å². The standard InChI is InChI=1S/C13H18N2O4/c16-12(19-10-4-2-1-3-5-10)8-11(13(17)18)15-7-6-14-9-15/h6-7,9-11H,1-5,8H2,(H,17,18)/t11-/m0/s1. The van der Waals surface area contributed by atoms with Crippen LogP contribution in [0.25, 0.3) is 0 Å². The summed E-state index contributed by atoms with van der Waals surface area (Å²) in [4.78, 5) is 26.8. The maximum Gasteiger partial charge on any atom is 0.327 e. The van der Waals surface area contributed by atoms with Crippen LogP contribution >= 0.6 is 0 Å². The van der Waals surface area contributed by atoms with Gasteiger partial charge in [0.2, 0.25) is 0 Å². The van der Waals surface area contributed by atoms with Gasteiger partial charge >= 0.3 is 11.9 Å². The number of aliphatic carboxylic acids is 1. The monoisotopic (exact) mass is 266 g/mol. The Morgan fingerprint density at radius 1 is 1.37 bits per heavy atom. The van der Waals surface area contributed by atoms with Gasteiger partial charge in [0, 0.05) is 12.4 Å². The van der Waals surface area contributed by atoms with Gasteiger partial charge < -0.3 is 14.4 Å². The first-order chi connectivity index (χ1) is 9.16. The summed E-state index contributed by atoms with van der Waals surface area (Å²) in [7, 11) is 0. The number of aromatic nitrogens is 2. The first-order valence-electron chi connectivity index (χ1n) is 6.56. The smallest absolute Gasteiger partial charge is 0.327 e. The van der Waals surface area contributed by atoms with Gasteiger partial charge in [-0.05, 0) is 25.7 Å². The zero-order valence-electron chi connectivity index (χ0n) is 10.7. The molecule has 1 N–H and O–H groups in total. The summed E-state index contributed by atoms with van der Waals surface area (Å²) in [6.45, 7) is 0. The second kappa shape index (κ2) is 6.36. The molecule has 0 aromatic carbocycles. The third-order valence-electron chi connectivity index (χ3n) is 3.38. The fourth-order valence-electron chi connectivity index (χ4n) is 2.35. The van der Waals surface area contributed by atoms with Crippen LogP contribution in [0.1, 0.15) is 44.6 Å². The predicted molar refractivity (Wildman–Crippen MR) is 66.5 cm³/mol. The van der Waals surface area contributed by atoms with Crippen molar-refractivity contribution in [3.8, 4) is 0 Å². The van der Waals surface area contributed by atoms with Gasteiger partial charge in [-0.2, -0.15) is 0 Å². The lowest BCUT2D eigenvalue weighted by molar-refractivity contribution is -0.155. The van der Waals surface area contributed by atoms with E-state index in [-0.39, 0.29) is 12.5 Å². The van der Waals surface area contributed by atoms with Gasteiger partial charge in [-0.3, -0.25) is 4.79 Å². The number of ether oxygens (including phenoxy) is 1. The van der Waals surface area contributed by atoms with Crippen molar-refractivity contribution in [2.75, 3.05) is 0 Å². The van der Waals surface area contributed by atoms with Crippen molar-refractivity contribution in [3.05, 3.63) is 18.7 Å². The normalized spacial score (nSPS) is 17.9. The molecule has 1 aliphatic rings. The Kier molecular flexibility index (Phi) is 4.54. The lowest BCUT2D eigenvalue weighted by atomic mass is 9.98. The second-order valence-electron chi connectivity index (χ2n) is 4.82. The van der Waals surface area contributed by atoms with Crippen LogP contribution in [-0.2, 0) is 14.3 Å². The van der Waals surface area contributed by atoms with Gasteiger partial charge in [0.05, 0.1) is 12.7 Å². The molecule has 0 aliphatic heterocycles. The third-order valence-corrected chi connectivity index (χ3v) is 3.38. The highest BCUT2D eigenvalue weighted by molar-refractivity contribution is 5.80. The van der Waals surface area contributed by atoms with Crippen LogP contribution in [-0.4, -0.2) is 32.7 Å². The van der Waals surface area contributed by atoms with Crippen LogP contribution in [0.15, 0.2) is 18.7 Å². The number of rotatable bonds is 5. The zero-order valence-corrected chi connectivity index (χ0v) is 10.7. The predicted octanol–water partition coefficient (Wildman–Crippen LogP) is 1.77. The number of carbonyl (C=O) groups excluding carboxylic acids is 1. The number of carboxylic acid groups (broad SMARTS) is 1. The number of nitrogens with zero attached hydrogens (tertiary/aromatic N) is 2. The molecule has 0 amide bonds. The summed E-state index contributed by atoms with van der Waals surface area (Å²) < 4.78 is 6.74. The molecular weight excluding hydrogens is 248 g/mol. The summed E-state index contributed by atoms with van der Waals surface area (Å²) in [6, 6.07) is -0.946. The van der Waals surface area contributed by atoms with Gasteiger partial charge in [-0.1, -0.05) is 6.42 Å². The Hall–Kier alpha value is -1.85. The molecule has 1 saturated carbocycles. The molecule has 104 valence electrons. The molecule has 0 radical (unpaired) electrons. The fraction of sp³-hybridized carbons (Fsp3) is 0.615. The average molecular weight is 266 g/mol. The number of imidazole rings is 1. The van der Waals surface area contributed by atoms with E-state index < -0.39 is 18.0 Å². The number of carbonyl (C=O) groups is 2. The molecule has 1 aromatic heterocycles. The molecule has 0 saturated heterocycles. The topological polar surface area (TPSA) is 81.4 Å². The maximum atomic E-state index is 11.8. The number of carboxylic acids is 1. The molecular formula is C13H18N2O4. The van der Waals surface area contributed by atoms with Gasteiger partial charge in [0.15, 0.2) is 0 Å². The summed E-state index contributed by atoms with van der Waals surface area (Å²) in [5, 5.41) is 9.14. The number of esters is 1. The van der Waals surface area contributed by atoms with E-state index in [1.807, 2.05) is 0 Å². The quantitative estimate of drug-likeness (QED) is 0.821. The largest absolute Gasteiger partial charge is 0.480 e. The lowest BCUT2D eigenvalue weighted by Gasteiger charge is -2.22. The van der Waals surface area contributed by atoms with Crippen LogP contribution in [0, 0.1) is 0 Å². The van der Waals surface area contributed by atoms with E-state index in [1.165, 1.54) is 29.7 Å². The van der Waals surface area contributed by atoms with Crippen LogP contribution in [0.4, 0.5) is 0 Å². The summed E-state index contributed by atoms with van der Waals surface area (Å²) in [5.74, 6) is -1.51. The molecule has 1 aromatic rings. The maximum absolute atomic E-state index is 11.8. The van der Waals surface area contributed by atoms with Crippen molar-refractivity contribution in [2.45, 2.75) is 50.7 Å². The van der Waals surface area contributed by atoms with E-state index in [2.05, 4.69) is 4.98 Å². The van der Waals surface area contributed by atoms with Gasteiger partial charge in [0.1, 0.15) is 12.1 Å². The Bertz CT molecular complexity index is 424. The highest BCUT2D eigenvalue weighted by Crippen LogP contribution is 2.22. The van der Waals surface area contributed by atoms with E-state index in [4.69, 9.17) is 9.84 Å². The van der Waals surface area contributed by atoms with Gasteiger partial charge in [-0.15, -0.1) is 0 Å². The molecule has 1 aliphatic carbocycles. The highest BCUT2D eigenvalue weighted by atomic mass is 16.5. The summed E-state index contributed by atoms with van der Waals surface area (Å²) in [5.41, 5.74) is 0. The fourth-order valence-corrected chi connectivity index (χ4v) is 2.35. The molecule has 2 rings (SSSR count). The Morgan fingerprint density at radius 3 is 2.68 bits per heavy atom. The van der Waals surface area contributed by atoms with Crippen molar-refractivity contribution < 1.29 is 19.4 Å². The first-order valence-corrected chi connectivity index (χ1v) is 6.56. The SMILES string of the molecule is O=C(C[C@@H](C(=O)O)n1ccnc1)OC1CCCCC1. The van der Waals surface area contributed by atoms with Gasteiger partial charge in [0.25, 0.3) is 0 Å². The molecule has 6 nitrogen and oxygen atoms in total. The highest BCUT2D eigenvalue weighted by Gasteiger charge is 2.25. The van der Waals surface area contributed by atoms with E-state index >= 15 is 0 Å². The lowest BCUT2D eigenvalue weighted by Crippen LogP contribution is -2.26. The molecule has 19 heavy (non-hydrogen) atoms. The number of hydrogen-bond acceptors (Lipinski definition) is 4. The minimum Gasteiger partial charge on any atom is -0.480 e. The number of hydrogen-bond donors (Lipinski definition) is 1. The summed E-state index contributed by atoms with van der Waals surface area (Å²) in [6.07, 6.45) is 9.30. The average Bonchev–Trinajstić information content (AvgIpc) is 2.90. The molecule has 1 heterocycles. The van der Waals surface area contributed by atoms with E-state index in [0.29, 0.717) is 0 Å². The van der Waals surface area contributed by atoms with Crippen molar-refractivity contribution >= 4 is 11.9 Å². The van der Waals surface area contributed by atoms with Crippen molar-refractivity contribution in [1.82, 2.24) is 9.55 Å². The Morgan fingerprint density at radius 2 is 2.11 bits per heavy atom. The van der Waals surface area contributed by atoms with Crippen LogP contribution in [0.5, 0.6) is 0 Å². The molecule has 0 spiro atoms. The summed E-state index contributed by atoms with van der Waals surface area (Å²) >= 11 is 0. The van der Waals surface area contributed by atoms with Crippen molar-refractivity contribution in [2.24, 2.45) is 0 Å². The van der Waals surface area contributed by atoms with E-state index in [9.17, 15) is 9.59 Å². The molecule has 1 atom stereocenters. The first kappa shape index (κ1) is 13.6. The van der Waals surface area contributed by atoms with Gasteiger partial charge in [-0.25, -0.2) is 9.78 Å². The molecule has 0 bridgehead atoms. The van der Waals surface area contributed by atoms with Crippen molar-refractivity contribution in [3.63, 3.8) is 0 Å². The Labute approximate surface area is 111 Å². The molecule has 6 heteroatoms. The van der Waals surface area contributed by atoms with Crippen LogP contribution in [0.2, 0.25) is 0 Å².